The van der Waals surface area contributed by atoms with E-state index in [-0.39, 0.29) is 0 Å². The van der Waals surface area contributed by atoms with Crippen LogP contribution in [-0.2, 0) is 4.74 Å². The van der Waals surface area contributed by atoms with Gasteiger partial charge in [-0.1, -0.05) is 13.8 Å². The first-order valence-corrected chi connectivity index (χ1v) is 5.78. The van der Waals surface area contributed by atoms with E-state index in [1.165, 1.54) is 38.5 Å². The second-order valence-electron chi connectivity index (χ2n) is 6.00. The monoisotopic (exact) mass is 180 g/mol. The van der Waals surface area contributed by atoms with Crippen LogP contribution < -0.4 is 0 Å². The molecule has 1 saturated heterocycles. The zero-order valence-corrected chi connectivity index (χ0v) is 8.81. The maximum Gasteiger partial charge on any atom is 0.0633 e. The molecule has 2 unspecified atom stereocenters. The minimum Gasteiger partial charge on any atom is -0.374 e. The Kier molecular flexibility index (Phi) is 1.47. The van der Waals surface area contributed by atoms with Crippen LogP contribution in [-0.4, -0.2) is 12.2 Å². The molecule has 74 valence electrons. The smallest absolute Gasteiger partial charge is 0.0633 e. The molecule has 3 aliphatic rings. The molecule has 1 nitrogen and oxygen atoms in total. The van der Waals surface area contributed by atoms with Gasteiger partial charge in [-0.05, 0) is 49.4 Å². The van der Waals surface area contributed by atoms with Crippen molar-refractivity contribution in [2.24, 2.45) is 10.8 Å². The van der Waals surface area contributed by atoms with E-state index in [9.17, 15) is 0 Å². The van der Waals surface area contributed by atoms with E-state index >= 15 is 0 Å². The molecule has 0 amide bonds. The molecular formula is C12H20O. The summed E-state index contributed by atoms with van der Waals surface area (Å²) in [7, 11) is 0. The molecule has 1 heteroatoms. The van der Waals surface area contributed by atoms with Crippen molar-refractivity contribution in [1.82, 2.24) is 0 Å². The highest BCUT2D eigenvalue weighted by Gasteiger charge is 2.54. The fourth-order valence-corrected chi connectivity index (χ4v) is 2.70. The van der Waals surface area contributed by atoms with Gasteiger partial charge in [0.15, 0.2) is 0 Å². The van der Waals surface area contributed by atoms with Crippen LogP contribution in [0.1, 0.15) is 52.4 Å². The highest BCUT2D eigenvalue weighted by molar-refractivity contribution is 5.03. The van der Waals surface area contributed by atoms with Gasteiger partial charge in [0.2, 0.25) is 0 Å². The van der Waals surface area contributed by atoms with E-state index in [1.54, 1.807) is 0 Å². The van der Waals surface area contributed by atoms with Gasteiger partial charge in [0, 0.05) is 0 Å². The predicted octanol–water partition coefficient (Wildman–Crippen LogP) is 3.13. The third-order valence-electron chi connectivity index (χ3n) is 4.65. The van der Waals surface area contributed by atoms with Crippen molar-refractivity contribution >= 4 is 0 Å². The minimum absolute atomic E-state index is 0.583. The Labute approximate surface area is 80.8 Å². The summed E-state index contributed by atoms with van der Waals surface area (Å²) >= 11 is 0. The van der Waals surface area contributed by atoms with Gasteiger partial charge in [0.25, 0.3) is 0 Å². The Hall–Kier alpha value is -0.0400. The number of hydrogen-bond donors (Lipinski definition) is 0. The van der Waals surface area contributed by atoms with Crippen molar-refractivity contribution < 1.29 is 4.74 Å². The van der Waals surface area contributed by atoms with E-state index < -0.39 is 0 Å². The first-order chi connectivity index (χ1) is 6.12. The molecule has 0 N–H and O–H groups in total. The molecule has 1 heterocycles. The van der Waals surface area contributed by atoms with Crippen molar-refractivity contribution in [1.29, 1.82) is 0 Å². The fourth-order valence-electron chi connectivity index (χ4n) is 2.70. The summed E-state index contributed by atoms with van der Waals surface area (Å²) in [4.78, 5) is 0. The Balaban J connectivity index is 1.65. The van der Waals surface area contributed by atoms with Crippen LogP contribution in [0.3, 0.4) is 0 Å². The van der Waals surface area contributed by atoms with Gasteiger partial charge < -0.3 is 4.74 Å². The minimum atomic E-state index is 0.583. The lowest BCUT2D eigenvalue weighted by atomic mass is 9.96. The average Bonchev–Trinajstić information content (AvgIpc) is 2.98. The Bertz CT molecular complexity index is 201. The van der Waals surface area contributed by atoms with Crippen molar-refractivity contribution in [2.45, 2.75) is 64.6 Å². The first kappa shape index (κ1) is 8.28. The number of hydrogen-bond acceptors (Lipinski definition) is 1. The Morgan fingerprint density at radius 1 is 0.846 bits per heavy atom. The molecule has 3 rings (SSSR count). The summed E-state index contributed by atoms with van der Waals surface area (Å²) in [6, 6.07) is 0. The molecule has 2 aliphatic carbocycles. The molecule has 0 radical (unpaired) electrons. The second-order valence-corrected chi connectivity index (χ2v) is 6.00. The van der Waals surface area contributed by atoms with Crippen LogP contribution in [0.15, 0.2) is 0 Å². The molecule has 0 spiro atoms. The van der Waals surface area contributed by atoms with Crippen LogP contribution in [0, 0.1) is 10.8 Å². The lowest BCUT2D eigenvalue weighted by Crippen LogP contribution is -2.24. The maximum atomic E-state index is 6.22. The third-order valence-corrected chi connectivity index (χ3v) is 4.65. The normalized spacial score (nSPS) is 44.8. The van der Waals surface area contributed by atoms with Crippen LogP contribution in [0.2, 0.25) is 0 Å². The van der Waals surface area contributed by atoms with Crippen LogP contribution in [0.5, 0.6) is 0 Å². The summed E-state index contributed by atoms with van der Waals surface area (Å²) in [5, 5.41) is 0. The molecule has 1 aliphatic heterocycles. The first-order valence-electron chi connectivity index (χ1n) is 5.78. The van der Waals surface area contributed by atoms with Gasteiger partial charge in [-0.3, -0.25) is 0 Å². The van der Waals surface area contributed by atoms with Crippen molar-refractivity contribution in [3.63, 3.8) is 0 Å². The summed E-state index contributed by atoms with van der Waals surface area (Å²) < 4.78 is 6.22. The van der Waals surface area contributed by atoms with Crippen LogP contribution >= 0.6 is 0 Å². The largest absolute Gasteiger partial charge is 0.374 e. The Morgan fingerprint density at radius 3 is 1.54 bits per heavy atom. The van der Waals surface area contributed by atoms with Gasteiger partial charge in [-0.25, -0.2) is 0 Å². The molecule has 3 fully saturated rings. The highest BCUT2D eigenvalue weighted by Crippen LogP contribution is 2.58. The average molecular weight is 180 g/mol. The van der Waals surface area contributed by atoms with Gasteiger partial charge in [0.1, 0.15) is 0 Å². The van der Waals surface area contributed by atoms with Gasteiger partial charge in [-0.2, -0.15) is 0 Å². The molecule has 0 aromatic heterocycles. The molecule has 13 heavy (non-hydrogen) atoms. The molecule has 2 atom stereocenters. The van der Waals surface area contributed by atoms with E-state index in [1.807, 2.05) is 0 Å². The van der Waals surface area contributed by atoms with Crippen molar-refractivity contribution in [3.05, 3.63) is 0 Å². The topological polar surface area (TPSA) is 9.23 Å². The quantitative estimate of drug-likeness (QED) is 0.634. The predicted molar refractivity (Wildman–Crippen MR) is 52.6 cm³/mol. The van der Waals surface area contributed by atoms with Crippen molar-refractivity contribution in [2.75, 3.05) is 0 Å². The highest BCUT2D eigenvalue weighted by atomic mass is 16.5. The maximum absolute atomic E-state index is 6.22. The van der Waals surface area contributed by atoms with Crippen molar-refractivity contribution in [3.8, 4) is 0 Å². The summed E-state index contributed by atoms with van der Waals surface area (Å²) in [6.07, 6.45) is 9.49. The number of ether oxygens (including phenoxy) is 1. The molecule has 0 bridgehead atoms. The van der Waals surface area contributed by atoms with Crippen LogP contribution in [0.25, 0.3) is 0 Å². The third kappa shape index (κ3) is 1.24. The SMILES string of the molecule is CC1(C2CCC(C3(C)CC3)O2)CC1. The second kappa shape index (κ2) is 2.31. The van der Waals surface area contributed by atoms with Gasteiger partial charge >= 0.3 is 0 Å². The zero-order valence-electron chi connectivity index (χ0n) is 8.81. The standard InChI is InChI=1S/C12H20O/c1-11(5-6-11)9-3-4-10(13-9)12(2)7-8-12/h9-10H,3-8H2,1-2H3. The summed E-state index contributed by atoms with van der Waals surface area (Å²) in [6.45, 7) is 4.80. The zero-order chi connectivity index (χ0) is 9.10. The van der Waals surface area contributed by atoms with Crippen LogP contribution in [0.4, 0.5) is 0 Å². The fraction of sp³-hybridized carbons (Fsp3) is 1.00. The van der Waals surface area contributed by atoms with Gasteiger partial charge in [0.05, 0.1) is 12.2 Å². The van der Waals surface area contributed by atoms with Gasteiger partial charge in [-0.15, -0.1) is 0 Å². The summed E-state index contributed by atoms with van der Waals surface area (Å²) in [5.74, 6) is 0. The van der Waals surface area contributed by atoms with E-state index in [4.69, 9.17) is 4.74 Å². The summed E-state index contributed by atoms with van der Waals surface area (Å²) in [5.41, 5.74) is 1.17. The van der Waals surface area contributed by atoms with E-state index in [0.717, 1.165) is 0 Å². The lowest BCUT2D eigenvalue weighted by molar-refractivity contribution is -0.0234. The molecular weight excluding hydrogens is 160 g/mol. The number of rotatable bonds is 2. The molecule has 2 saturated carbocycles. The molecule has 0 aromatic carbocycles. The van der Waals surface area contributed by atoms with E-state index in [2.05, 4.69) is 13.8 Å². The lowest BCUT2D eigenvalue weighted by Gasteiger charge is -2.22. The Morgan fingerprint density at radius 2 is 1.23 bits per heavy atom. The molecule has 0 aromatic rings. The van der Waals surface area contributed by atoms with E-state index in [0.29, 0.717) is 23.0 Å².